The lowest BCUT2D eigenvalue weighted by Crippen LogP contribution is -2.37. The van der Waals surface area contributed by atoms with Crippen LogP contribution in [0.4, 0.5) is 10.5 Å². The van der Waals surface area contributed by atoms with Gasteiger partial charge in [0.25, 0.3) is 0 Å². The Morgan fingerprint density at radius 3 is 2.81 bits per heavy atom. The monoisotopic (exact) mass is 220 g/mol. The van der Waals surface area contributed by atoms with Gasteiger partial charge in [0.05, 0.1) is 6.54 Å². The van der Waals surface area contributed by atoms with Crippen LogP contribution in [0.5, 0.6) is 0 Å². The summed E-state index contributed by atoms with van der Waals surface area (Å²) in [7, 11) is 1.59. The molecule has 1 aromatic carbocycles. The molecule has 5 nitrogen and oxygen atoms in total. The molecule has 0 unspecified atom stereocenters. The van der Waals surface area contributed by atoms with Crippen LogP contribution in [0, 0.1) is 12.3 Å². The Labute approximate surface area is 94.8 Å². The maximum Gasteiger partial charge on any atom is 0.321 e. The van der Waals surface area contributed by atoms with Gasteiger partial charge in [0.1, 0.15) is 5.84 Å². The number of amidine groups is 1. The Hall–Kier alpha value is -2.04. The Balaban J connectivity index is 2.60. The molecule has 0 fully saturated rings. The molecule has 0 aliphatic carbocycles. The third-order valence-electron chi connectivity index (χ3n) is 2.02. The fourth-order valence-electron chi connectivity index (χ4n) is 1.27. The molecule has 0 atom stereocenters. The third-order valence-corrected chi connectivity index (χ3v) is 2.02. The molecular weight excluding hydrogens is 204 g/mol. The molecule has 2 amide bonds. The normalized spacial score (nSPS) is 9.62. The number of likely N-dealkylation sites (N-methyl/N-ethyl adjacent to an activating group) is 1. The van der Waals surface area contributed by atoms with Crippen LogP contribution in [0.2, 0.25) is 0 Å². The molecule has 0 radical (unpaired) electrons. The summed E-state index contributed by atoms with van der Waals surface area (Å²) in [5.74, 6) is -0.0399. The van der Waals surface area contributed by atoms with E-state index in [2.05, 4.69) is 5.32 Å². The van der Waals surface area contributed by atoms with Crippen LogP contribution in [0.25, 0.3) is 0 Å². The highest BCUT2D eigenvalue weighted by atomic mass is 16.2. The summed E-state index contributed by atoms with van der Waals surface area (Å²) in [4.78, 5) is 13.0. The average Bonchev–Trinajstić information content (AvgIpc) is 2.16. The van der Waals surface area contributed by atoms with E-state index in [1.165, 1.54) is 4.90 Å². The number of urea groups is 1. The van der Waals surface area contributed by atoms with Crippen LogP contribution in [-0.4, -0.2) is 30.4 Å². The molecule has 0 saturated heterocycles. The van der Waals surface area contributed by atoms with E-state index < -0.39 is 0 Å². The minimum absolute atomic E-state index is 0.0399. The van der Waals surface area contributed by atoms with Crippen LogP contribution in [-0.2, 0) is 0 Å². The van der Waals surface area contributed by atoms with Gasteiger partial charge in [-0.1, -0.05) is 12.1 Å². The van der Waals surface area contributed by atoms with Crippen molar-refractivity contribution in [3.8, 4) is 0 Å². The quantitative estimate of drug-likeness (QED) is 0.531. The number of carbonyl (C=O) groups is 1. The summed E-state index contributed by atoms with van der Waals surface area (Å²) in [6, 6.07) is 7.23. The van der Waals surface area contributed by atoms with Gasteiger partial charge in [-0.25, -0.2) is 4.79 Å². The molecule has 0 aliphatic rings. The Morgan fingerprint density at radius 2 is 2.25 bits per heavy atom. The van der Waals surface area contributed by atoms with Gasteiger partial charge in [0.15, 0.2) is 0 Å². The van der Waals surface area contributed by atoms with Crippen molar-refractivity contribution in [2.75, 3.05) is 18.9 Å². The predicted molar refractivity (Wildman–Crippen MR) is 64.7 cm³/mol. The average molecular weight is 220 g/mol. The van der Waals surface area contributed by atoms with E-state index in [-0.39, 0.29) is 18.4 Å². The highest BCUT2D eigenvalue weighted by molar-refractivity contribution is 5.92. The molecule has 0 heterocycles. The number of carbonyl (C=O) groups excluding carboxylic acids is 1. The second-order valence-corrected chi connectivity index (χ2v) is 3.68. The number of hydrogen-bond acceptors (Lipinski definition) is 2. The molecule has 0 spiro atoms. The van der Waals surface area contributed by atoms with Crippen molar-refractivity contribution in [3.05, 3.63) is 29.8 Å². The van der Waals surface area contributed by atoms with Crippen LogP contribution in [0.3, 0.4) is 0 Å². The number of rotatable bonds is 3. The molecule has 86 valence electrons. The predicted octanol–water partition coefficient (Wildman–Crippen LogP) is 1.39. The van der Waals surface area contributed by atoms with Gasteiger partial charge in [-0.2, -0.15) is 0 Å². The van der Waals surface area contributed by atoms with Crippen molar-refractivity contribution in [1.29, 1.82) is 5.41 Å². The Kier molecular flexibility index (Phi) is 3.88. The number of anilines is 1. The minimum atomic E-state index is -0.277. The first kappa shape index (κ1) is 12.0. The number of aryl methyl sites for hydroxylation is 1. The summed E-state index contributed by atoms with van der Waals surface area (Å²) >= 11 is 0. The summed E-state index contributed by atoms with van der Waals surface area (Å²) in [6.45, 7) is 2.08. The van der Waals surface area contributed by atoms with Crippen LogP contribution < -0.4 is 11.1 Å². The highest BCUT2D eigenvalue weighted by Crippen LogP contribution is 2.09. The zero-order valence-corrected chi connectivity index (χ0v) is 9.45. The number of nitrogens with zero attached hydrogens (tertiary/aromatic N) is 1. The standard InChI is InChI=1S/C11H16N4O/c1-8-4-3-5-9(6-8)14-11(16)15(2)7-10(12)13/h3-6H,7H2,1-2H3,(H3,12,13)(H,14,16). The van der Waals surface area contributed by atoms with E-state index in [0.717, 1.165) is 11.3 Å². The minimum Gasteiger partial charge on any atom is -0.386 e. The fraction of sp³-hybridized carbons (Fsp3) is 0.273. The SMILES string of the molecule is Cc1cccc(NC(=O)N(C)CC(=N)N)c1. The lowest BCUT2D eigenvalue weighted by molar-refractivity contribution is 0.227. The van der Waals surface area contributed by atoms with Gasteiger partial charge in [-0.05, 0) is 24.6 Å². The summed E-state index contributed by atoms with van der Waals surface area (Å²) in [5.41, 5.74) is 7.02. The first-order valence-electron chi connectivity index (χ1n) is 4.90. The maximum absolute atomic E-state index is 11.6. The lowest BCUT2D eigenvalue weighted by Gasteiger charge is -2.17. The van der Waals surface area contributed by atoms with E-state index in [4.69, 9.17) is 11.1 Å². The molecule has 16 heavy (non-hydrogen) atoms. The first-order chi connectivity index (χ1) is 7.49. The van der Waals surface area contributed by atoms with Crippen molar-refractivity contribution < 1.29 is 4.79 Å². The lowest BCUT2D eigenvalue weighted by atomic mass is 10.2. The second kappa shape index (κ2) is 5.16. The van der Waals surface area contributed by atoms with E-state index in [0.29, 0.717) is 0 Å². The van der Waals surface area contributed by atoms with Crippen molar-refractivity contribution in [3.63, 3.8) is 0 Å². The van der Waals surface area contributed by atoms with E-state index in [1.807, 2.05) is 31.2 Å². The Morgan fingerprint density at radius 1 is 1.56 bits per heavy atom. The van der Waals surface area contributed by atoms with Gasteiger partial charge in [-0.3, -0.25) is 5.41 Å². The maximum atomic E-state index is 11.6. The fourth-order valence-corrected chi connectivity index (χ4v) is 1.27. The molecule has 1 rings (SSSR count). The number of amides is 2. The largest absolute Gasteiger partial charge is 0.386 e. The first-order valence-corrected chi connectivity index (χ1v) is 4.90. The Bertz CT molecular complexity index is 403. The summed E-state index contributed by atoms with van der Waals surface area (Å²) in [5, 5.41) is 9.81. The van der Waals surface area contributed by atoms with E-state index in [9.17, 15) is 4.79 Å². The van der Waals surface area contributed by atoms with Crippen molar-refractivity contribution in [2.45, 2.75) is 6.92 Å². The second-order valence-electron chi connectivity index (χ2n) is 3.68. The zero-order valence-electron chi connectivity index (χ0n) is 9.45. The summed E-state index contributed by atoms with van der Waals surface area (Å²) < 4.78 is 0. The van der Waals surface area contributed by atoms with Crippen LogP contribution in [0.1, 0.15) is 5.56 Å². The smallest absolute Gasteiger partial charge is 0.321 e. The van der Waals surface area contributed by atoms with E-state index >= 15 is 0 Å². The van der Waals surface area contributed by atoms with Gasteiger partial charge in [0, 0.05) is 12.7 Å². The molecule has 4 N–H and O–H groups in total. The molecule has 0 saturated carbocycles. The third kappa shape index (κ3) is 3.61. The molecular formula is C11H16N4O. The molecule has 0 aliphatic heterocycles. The van der Waals surface area contributed by atoms with Crippen LogP contribution in [0.15, 0.2) is 24.3 Å². The van der Waals surface area contributed by atoms with Crippen molar-refractivity contribution >= 4 is 17.6 Å². The number of hydrogen-bond donors (Lipinski definition) is 3. The number of nitrogens with one attached hydrogen (secondary N) is 2. The number of nitrogens with two attached hydrogens (primary N) is 1. The van der Waals surface area contributed by atoms with Crippen LogP contribution >= 0.6 is 0 Å². The summed E-state index contributed by atoms with van der Waals surface area (Å²) in [6.07, 6.45) is 0. The van der Waals surface area contributed by atoms with Gasteiger partial charge in [-0.15, -0.1) is 0 Å². The molecule has 1 aromatic rings. The zero-order chi connectivity index (χ0) is 12.1. The van der Waals surface area contributed by atoms with Crippen molar-refractivity contribution in [2.24, 2.45) is 5.73 Å². The van der Waals surface area contributed by atoms with Gasteiger partial charge >= 0.3 is 6.03 Å². The number of benzene rings is 1. The molecule has 0 bridgehead atoms. The van der Waals surface area contributed by atoms with Gasteiger partial charge in [0.2, 0.25) is 0 Å². The highest BCUT2D eigenvalue weighted by Gasteiger charge is 2.09. The molecule has 0 aromatic heterocycles. The van der Waals surface area contributed by atoms with Crippen molar-refractivity contribution in [1.82, 2.24) is 4.90 Å². The van der Waals surface area contributed by atoms with E-state index in [1.54, 1.807) is 7.05 Å². The topological polar surface area (TPSA) is 82.2 Å². The molecule has 5 heteroatoms. The van der Waals surface area contributed by atoms with Gasteiger partial charge < -0.3 is 16.0 Å².